The van der Waals surface area contributed by atoms with Crippen LogP contribution in [0.15, 0.2) is 22.7 Å². The number of benzene rings is 1. The third-order valence-corrected chi connectivity index (χ3v) is 2.17. The van der Waals surface area contributed by atoms with Crippen molar-refractivity contribution in [3.63, 3.8) is 0 Å². The van der Waals surface area contributed by atoms with Gasteiger partial charge in [0.1, 0.15) is 12.4 Å². The quantitative estimate of drug-likeness (QED) is 0.528. The lowest BCUT2D eigenvalue weighted by molar-refractivity contribution is -0.186. The normalized spacial score (nSPS) is 11.5. The van der Waals surface area contributed by atoms with Crippen LogP contribution in [0.25, 0.3) is 0 Å². The topological polar surface area (TPSA) is 44.5 Å². The molecule has 0 heterocycles. The Hall–Kier alpha value is -0.950. The monoisotopic (exact) mass is 299 g/mol. The Bertz CT molecular complexity index is 357. The first kappa shape index (κ1) is 13.1. The molecule has 90 valence electrons. The maximum atomic E-state index is 11.7. The summed E-state index contributed by atoms with van der Waals surface area (Å²) in [5, 5.41) is 0. The van der Waals surface area contributed by atoms with Gasteiger partial charge in [-0.3, -0.25) is 0 Å². The molecule has 3 nitrogen and oxygen atoms in total. The molecule has 0 bridgehead atoms. The second-order valence-corrected chi connectivity index (χ2v) is 3.77. The van der Waals surface area contributed by atoms with Gasteiger partial charge in [0.2, 0.25) is 0 Å². The van der Waals surface area contributed by atoms with E-state index in [0.29, 0.717) is 15.9 Å². The van der Waals surface area contributed by atoms with Crippen LogP contribution in [0.1, 0.15) is 0 Å². The van der Waals surface area contributed by atoms with Crippen LogP contribution in [0.3, 0.4) is 0 Å². The Balaban J connectivity index is 2.40. The molecule has 0 radical (unpaired) electrons. The van der Waals surface area contributed by atoms with Crippen molar-refractivity contribution < 1.29 is 22.6 Å². The molecule has 0 aliphatic carbocycles. The van der Waals surface area contributed by atoms with Crippen LogP contribution in [0.4, 0.5) is 18.9 Å². The second-order valence-electron chi connectivity index (χ2n) is 2.92. The number of hydrogen-bond donors (Lipinski definition) is 1. The molecule has 1 rings (SSSR count). The van der Waals surface area contributed by atoms with E-state index in [1.807, 2.05) is 0 Å². The summed E-state index contributed by atoms with van der Waals surface area (Å²) in [5.74, 6) is 0.335. The summed E-state index contributed by atoms with van der Waals surface area (Å²) >= 11 is 3.16. The molecule has 0 atom stereocenters. The van der Waals surface area contributed by atoms with Gasteiger partial charge in [-0.2, -0.15) is 13.2 Å². The van der Waals surface area contributed by atoms with E-state index in [2.05, 4.69) is 20.7 Å². The summed E-state index contributed by atoms with van der Waals surface area (Å²) in [5.41, 5.74) is 5.93. The van der Waals surface area contributed by atoms with Crippen molar-refractivity contribution >= 4 is 21.6 Å². The smallest absolute Gasteiger partial charge is 0.411 e. The number of nitrogen functional groups attached to an aromatic ring is 1. The van der Waals surface area contributed by atoms with Gasteiger partial charge in [-0.05, 0) is 28.1 Å². The highest BCUT2D eigenvalue weighted by atomic mass is 79.9. The maximum Gasteiger partial charge on any atom is 0.411 e. The van der Waals surface area contributed by atoms with Crippen LogP contribution < -0.4 is 10.5 Å². The summed E-state index contributed by atoms with van der Waals surface area (Å²) in [6, 6.07) is 4.75. The number of alkyl halides is 3. The van der Waals surface area contributed by atoms with E-state index in [1.165, 1.54) is 6.07 Å². The first-order chi connectivity index (χ1) is 7.38. The average Bonchev–Trinajstić information content (AvgIpc) is 2.16. The fraction of sp³-hybridized carbons (Fsp3) is 0.333. The third-order valence-electron chi connectivity index (χ3n) is 1.52. The zero-order valence-corrected chi connectivity index (χ0v) is 9.64. The van der Waals surface area contributed by atoms with Gasteiger partial charge in [0.15, 0.2) is 6.79 Å². The number of anilines is 1. The molecular weight excluding hydrogens is 291 g/mol. The summed E-state index contributed by atoms with van der Waals surface area (Å²) in [4.78, 5) is 0. The van der Waals surface area contributed by atoms with Gasteiger partial charge >= 0.3 is 6.18 Å². The summed E-state index contributed by atoms with van der Waals surface area (Å²) < 4.78 is 45.0. The highest BCUT2D eigenvalue weighted by molar-refractivity contribution is 9.10. The Morgan fingerprint density at radius 2 is 2.00 bits per heavy atom. The molecule has 16 heavy (non-hydrogen) atoms. The zero-order valence-electron chi connectivity index (χ0n) is 8.05. The molecule has 0 aliphatic rings. The highest BCUT2D eigenvalue weighted by Crippen LogP contribution is 2.27. The molecule has 1 aromatic rings. The standard InChI is InChI=1S/C9H9BrF3NO2/c10-7-2-1-6(14)3-8(7)16-5-15-4-9(11,12)13/h1-3H,4-5,14H2. The fourth-order valence-electron chi connectivity index (χ4n) is 0.893. The van der Waals surface area contributed by atoms with Crippen molar-refractivity contribution in [2.45, 2.75) is 6.18 Å². The number of halogens is 4. The van der Waals surface area contributed by atoms with Crippen LogP contribution in [0.2, 0.25) is 0 Å². The molecule has 2 N–H and O–H groups in total. The lowest BCUT2D eigenvalue weighted by Gasteiger charge is -2.10. The summed E-state index contributed by atoms with van der Waals surface area (Å²) in [7, 11) is 0. The highest BCUT2D eigenvalue weighted by Gasteiger charge is 2.27. The Morgan fingerprint density at radius 1 is 1.31 bits per heavy atom. The number of ether oxygens (including phenoxy) is 2. The van der Waals surface area contributed by atoms with E-state index in [9.17, 15) is 13.2 Å². The number of hydrogen-bond acceptors (Lipinski definition) is 3. The van der Waals surface area contributed by atoms with Gasteiger partial charge < -0.3 is 15.2 Å². The Kier molecular flexibility index (Phi) is 4.43. The average molecular weight is 300 g/mol. The molecule has 0 saturated heterocycles. The van der Waals surface area contributed by atoms with Gasteiger partial charge in [-0.15, -0.1) is 0 Å². The first-order valence-electron chi connectivity index (χ1n) is 4.21. The SMILES string of the molecule is Nc1ccc(Br)c(OCOCC(F)(F)F)c1. The molecule has 0 amide bonds. The predicted octanol–water partition coefficient (Wildman–Crippen LogP) is 2.95. The van der Waals surface area contributed by atoms with Crippen molar-refractivity contribution in [1.82, 2.24) is 0 Å². The van der Waals surface area contributed by atoms with E-state index in [4.69, 9.17) is 10.5 Å². The summed E-state index contributed by atoms with van der Waals surface area (Å²) in [6.07, 6.45) is -4.35. The van der Waals surface area contributed by atoms with Crippen LogP contribution in [-0.2, 0) is 4.74 Å². The molecular formula is C9H9BrF3NO2. The van der Waals surface area contributed by atoms with Gasteiger partial charge in [-0.25, -0.2) is 0 Å². The van der Waals surface area contributed by atoms with Gasteiger partial charge in [0.05, 0.1) is 4.47 Å². The molecule has 1 aromatic carbocycles. The number of nitrogens with two attached hydrogens (primary N) is 1. The minimum Gasteiger partial charge on any atom is -0.466 e. The van der Waals surface area contributed by atoms with E-state index in [0.717, 1.165) is 0 Å². The van der Waals surface area contributed by atoms with Crippen molar-refractivity contribution in [3.05, 3.63) is 22.7 Å². The fourth-order valence-corrected chi connectivity index (χ4v) is 1.25. The zero-order chi connectivity index (χ0) is 12.2. The van der Waals surface area contributed by atoms with E-state index < -0.39 is 19.6 Å². The minimum absolute atomic E-state index is 0.335. The van der Waals surface area contributed by atoms with Crippen LogP contribution in [0.5, 0.6) is 5.75 Å². The van der Waals surface area contributed by atoms with Gasteiger partial charge in [0.25, 0.3) is 0 Å². The van der Waals surface area contributed by atoms with Gasteiger partial charge in [0, 0.05) is 11.8 Å². The lowest BCUT2D eigenvalue weighted by atomic mass is 10.3. The lowest BCUT2D eigenvalue weighted by Crippen LogP contribution is -2.19. The predicted molar refractivity (Wildman–Crippen MR) is 56.1 cm³/mol. The largest absolute Gasteiger partial charge is 0.466 e. The third kappa shape index (κ3) is 4.71. The second kappa shape index (κ2) is 5.40. The Labute approximate surface area is 98.5 Å². The molecule has 0 spiro atoms. The first-order valence-corrected chi connectivity index (χ1v) is 5.00. The summed E-state index contributed by atoms with van der Waals surface area (Å²) in [6.45, 7) is -1.82. The van der Waals surface area contributed by atoms with E-state index in [-0.39, 0.29) is 0 Å². The number of rotatable bonds is 4. The van der Waals surface area contributed by atoms with Gasteiger partial charge in [-0.1, -0.05) is 0 Å². The van der Waals surface area contributed by atoms with Crippen molar-refractivity contribution in [1.29, 1.82) is 0 Å². The molecule has 0 aliphatic heterocycles. The molecule has 0 aromatic heterocycles. The van der Waals surface area contributed by atoms with Crippen molar-refractivity contribution in [3.8, 4) is 5.75 Å². The van der Waals surface area contributed by atoms with Crippen LogP contribution >= 0.6 is 15.9 Å². The van der Waals surface area contributed by atoms with Crippen LogP contribution in [-0.4, -0.2) is 19.6 Å². The Morgan fingerprint density at radius 3 is 2.62 bits per heavy atom. The van der Waals surface area contributed by atoms with Crippen LogP contribution in [0, 0.1) is 0 Å². The maximum absolute atomic E-state index is 11.7. The van der Waals surface area contributed by atoms with E-state index >= 15 is 0 Å². The van der Waals surface area contributed by atoms with Crippen molar-refractivity contribution in [2.75, 3.05) is 19.1 Å². The van der Waals surface area contributed by atoms with E-state index in [1.54, 1.807) is 12.1 Å². The minimum atomic E-state index is -4.35. The molecule has 0 fully saturated rings. The molecule has 0 saturated carbocycles. The molecule has 0 unspecified atom stereocenters. The van der Waals surface area contributed by atoms with Crippen molar-refractivity contribution in [2.24, 2.45) is 0 Å². The molecule has 7 heteroatoms.